The molecule has 0 aliphatic carbocycles. The number of nitrogens with zero attached hydrogens (tertiary/aromatic N) is 1. The number of carbonyl (C=O) groups is 1. The van der Waals surface area contributed by atoms with Gasteiger partial charge in [0.1, 0.15) is 5.82 Å². The molecular formula is C13H17Cl2FN2O. The van der Waals surface area contributed by atoms with Crippen molar-refractivity contribution in [1.82, 2.24) is 4.90 Å². The van der Waals surface area contributed by atoms with E-state index < -0.39 is 5.82 Å². The molecule has 1 saturated heterocycles. The Morgan fingerprint density at radius 3 is 2.89 bits per heavy atom. The first kappa shape index (κ1) is 16.2. The smallest absolute Gasteiger partial charge is 0.255 e. The van der Waals surface area contributed by atoms with Gasteiger partial charge in [0.2, 0.25) is 0 Å². The molecule has 1 amide bonds. The molecule has 1 aliphatic rings. The van der Waals surface area contributed by atoms with Gasteiger partial charge in [0, 0.05) is 13.1 Å². The topological polar surface area (TPSA) is 46.3 Å². The number of likely N-dealkylation sites (tertiary alicyclic amines) is 1. The lowest BCUT2D eigenvalue weighted by Crippen LogP contribution is -2.42. The lowest BCUT2D eigenvalue weighted by atomic mass is 9.97. The van der Waals surface area contributed by atoms with E-state index in [1.165, 1.54) is 18.2 Å². The maximum Gasteiger partial charge on any atom is 0.255 e. The highest BCUT2D eigenvalue weighted by atomic mass is 35.5. The SMILES string of the molecule is Cl.NCC1CCCN(C(=O)c2ccc(F)cc2Cl)C1. The Labute approximate surface area is 123 Å². The molecule has 3 nitrogen and oxygen atoms in total. The number of piperidine rings is 1. The van der Waals surface area contributed by atoms with Gasteiger partial charge in [-0.1, -0.05) is 11.6 Å². The van der Waals surface area contributed by atoms with Crippen LogP contribution in [0.25, 0.3) is 0 Å². The Morgan fingerprint density at radius 1 is 1.53 bits per heavy atom. The van der Waals surface area contributed by atoms with Crippen molar-refractivity contribution in [2.45, 2.75) is 12.8 Å². The predicted octanol–water partition coefficient (Wildman–Crippen LogP) is 2.71. The first-order valence-corrected chi connectivity index (χ1v) is 6.44. The van der Waals surface area contributed by atoms with Crippen LogP contribution in [0.3, 0.4) is 0 Å². The molecule has 106 valence electrons. The van der Waals surface area contributed by atoms with E-state index in [2.05, 4.69) is 0 Å². The van der Waals surface area contributed by atoms with E-state index in [0.29, 0.717) is 31.1 Å². The Bertz CT molecular complexity index is 456. The molecule has 1 unspecified atom stereocenters. The number of nitrogens with two attached hydrogens (primary N) is 1. The fraction of sp³-hybridized carbons (Fsp3) is 0.462. The fourth-order valence-electron chi connectivity index (χ4n) is 2.28. The second kappa shape index (κ2) is 7.08. The molecule has 1 atom stereocenters. The number of hydrogen-bond acceptors (Lipinski definition) is 2. The van der Waals surface area contributed by atoms with Gasteiger partial charge in [-0.05, 0) is 43.5 Å². The van der Waals surface area contributed by atoms with Crippen LogP contribution in [0.5, 0.6) is 0 Å². The van der Waals surface area contributed by atoms with E-state index in [4.69, 9.17) is 17.3 Å². The normalized spacial score (nSPS) is 18.9. The molecule has 0 spiro atoms. The standard InChI is InChI=1S/C13H16ClFN2O.ClH/c14-12-6-10(15)3-4-11(12)13(18)17-5-1-2-9(7-16)8-17;/h3-4,6,9H,1-2,5,7-8,16H2;1H. The molecule has 1 fully saturated rings. The molecule has 1 heterocycles. The van der Waals surface area contributed by atoms with Gasteiger partial charge in [0.15, 0.2) is 0 Å². The molecule has 1 aromatic rings. The van der Waals surface area contributed by atoms with Crippen molar-refractivity contribution in [2.75, 3.05) is 19.6 Å². The summed E-state index contributed by atoms with van der Waals surface area (Å²) in [7, 11) is 0. The highest BCUT2D eigenvalue weighted by Gasteiger charge is 2.24. The summed E-state index contributed by atoms with van der Waals surface area (Å²) in [5, 5.41) is 0.162. The molecule has 0 radical (unpaired) electrons. The molecule has 19 heavy (non-hydrogen) atoms. The van der Waals surface area contributed by atoms with Crippen molar-refractivity contribution < 1.29 is 9.18 Å². The summed E-state index contributed by atoms with van der Waals surface area (Å²) < 4.78 is 12.9. The van der Waals surface area contributed by atoms with Crippen LogP contribution in [0.4, 0.5) is 4.39 Å². The number of amides is 1. The Hall–Kier alpha value is -0.840. The fourth-order valence-corrected chi connectivity index (χ4v) is 2.52. The molecule has 2 rings (SSSR count). The first-order valence-electron chi connectivity index (χ1n) is 6.06. The van der Waals surface area contributed by atoms with Gasteiger partial charge in [-0.15, -0.1) is 12.4 Å². The highest BCUT2D eigenvalue weighted by Crippen LogP contribution is 2.22. The van der Waals surface area contributed by atoms with Gasteiger partial charge in [0.05, 0.1) is 10.6 Å². The van der Waals surface area contributed by atoms with Gasteiger partial charge in [-0.3, -0.25) is 4.79 Å². The molecule has 1 aromatic carbocycles. The molecule has 6 heteroatoms. The van der Waals surface area contributed by atoms with Crippen LogP contribution < -0.4 is 5.73 Å². The van der Waals surface area contributed by atoms with Crippen molar-refractivity contribution in [2.24, 2.45) is 11.7 Å². The zero-order valence-electron chi connectivity index (χ0n) is 10.4. The van der Waals surface area contributed by atoms with Crippen LogP contribution >= 0.6 is 24.0 Å². The van der Waals surface area contributed by atoms with Crippen molar-refractivity contribution in [3.05, 3.63) is 34.6 Å². The van der Waals surface area contributed by atoms with Gasteiger partial charge in [-0.2, -0.15) is 0 Å². The molecule has 0 bridgehead atoms. The maximum atomic E-state index is 12.9. The lowest BCUT2D eigenvalue weighted by molar-refractivity contribution is 0.0678. The third-order valence-electron chi connectivity index (χ3n) is 3.30. The largest absolute Gasteiger partial charge is 0.338 e. The number of hydrogen-bond donors (Lipinski definition) is 1. The third-order valence-corrected chi connectivity index (χ3v) is 3.61. The van der Waals surface area contributed by atoms with Crippen LogP contribution in [0.2, 0.25) is 5.02 Å². The summed E-state index contributed by atoms with van der Waals surface area (Å²) in [6, 6.07) is 3.86. The highest BCUT2D eigenvalue weighted by molar-refractivity contribution is 6.33. The number of benzene rings is 1. The summed E-state index contributed by atoms with van der Waals surface area (Å²) in [6.07, 6.45) is 2.00. The van der Waals surface area contributed by atoms with E-state index in [1.54, 1.807) is 4.90 Å². The number of halogens is 3. The van der Waals surface area contributed by atoms with Crippen LogP contribution in [0, 0.1) is 11.7 Å². The zero-order valence-corrected chi connectivity index (χ0v) is 12.0. The predicted molar refractivity (Wildman–Crippen MR) is 76.3 cm³/mol. The van der Waals surface area contributed by atoms with E-state index in [0.717, 1.165) is 12.8 Å². The molecule has 2 N–H and O–H groups in total. The number of carbonyl (C=O) groups excluding carboxylic acids is 1. The lowest BCUT2D eigenvalue weighted by Gasteiger charge is -2.32. The van der Waals surface area contributed by atoms with Crippen LogP contribution in [0.15, 0.2) is 18.2 Å². The van der Waals surface area contributed by atoms with Crippen LogP contribution in [-0.2, 0) is 0 Å². The molecule has 0 aromatic heterocycles. The number of rotatable bonds is 2. The van der Waals surface area contributed by atoms with Gasteiger partial charge >= 0.3 is 0 Å². The van der Waals surface area contributed by atoms with E-state index in [1.807, 2.05) is 0 Å². The van der Waals surface area contributed by atoms with Gasteiger partial charge in [-0.25, -0.2) is 4.39 Å². The van der Waals surface area contributed by atoms with Crippen molar-refractivity contribution in [1.29, 1.82) is 0 Å². The van der Waals surface area contributed by atoms with Crippen LogP contribution in [-0.4, -0.2) is 30.4 Å². The van der Waals surface area contributed by atoms with E-state index in [-0.39, 0.29) is 23.3 Å². The summed E-state index contributed by atoms with van der Waals surface area (Å²) in [4.78, 5) is 14.0. The second-order valence-corrected chi connectivity index (χ2v) is 5.03. The Kier molecular flexibility index (Phi) is 6.04. The summed E-state index contributed by atoms with van der Waals surface area (Å²) in [5.74, 6) is -0.227. The Morgan fingerprint density at radius 2 is 2.26 bits per heavy atom. The van der Waals surface area contributed by atoms with Gasteiger partial charge in [0.25, 0.3) is 5.91 Å². The summed E-state index contributed by atoms with van der Waals surface area (Å²) in [5.41, 5.74) is 6.00. The minimum Gasteiger partial charge on any atom is -0.338 e. The summed E-state index contributed by atoms with van der Waals surface area (Å²) >= 11 is 5.90. The molecular weight excluding hydrogens is 290 g/mol. The Balaban J connectivity index is 0.00000180. The average Bonchev–Trinajstić information content (AvgIpc) is 2.38. The summed E-state index contributed by atoms with van der Waals surface area (Å²) in [6.45, 7) is 1.95. The minimum atomic E-state index is -0.435. The molecule has 1 aliphatic heterocycles. The first-order chi connectivity index (χ1) is 8.61. The second-order valence-electron chi connectivity index (χ2n) is 4.62. The van der Waals surface area contributed by atoms with Gasteiger partial charge < -0.3 is 10.6 Å². The average molecular weight is 307 g/mol. The minimum absolute atomic E-state index is 0. The molecule has 0 saturated carbocycles. The van der Waals surface area contributed by atoms with E-state index >= 15 is 0 Å². The van der Waals surface area contributed by atoms with Crippen molar-refractivity contribution in [3.63, 3.8) is 0 Å². The van der Waals surface area contributed by atoms with Crippen molar-refractivity contribution >= 4 is 29.9 Å². The monoisotopic (exact) mass is 306 g/mol. The third kappa shape index (κ3) is 3.81. The van der Waals surface area contributed by atoms with E-state index in [9.17, 15) is 9.18 Å². The quantitative estimate of drug-likeness (QED) is 0.913. The zero-order chi connectivity index (χ0) is 13.1. The maximum absolute atomic E-state index is 12.9. The van der Waals surface area contributed by atoms with Crippen molar-refractivity contribution in [3.8, 4) is 0 Å². The van der Waals surface area contributed by atoms with Crippen LogP contribution in [0.1, 0.15) is 23.2 Å².